The normalized spacial score (nSPS) is 7.70. The Labute approximate surface area is 125 Å². The zero-order chi connectivity index (χ0) is 19.3. The summed E-state index contributed by atoms with van der Waals surface area (Å²) in [5, 5.41) is 1.37. The molecule has 0 bridgehead atoms. The number of hydrogen-bond donors (Lipinski definition) is 1. The van der Waals surface area contributed by atoms with E-state index in [0.717, 1.165) is 12.3 Å². The molecule has 11 heteroatoms. The number of H-pyrrole nitrogens is 1. The third-order valence-electron chi connectivity index (χ3n) is 2.30. The quantitative estimate of drug-likeness (QED) is 0.530. The Morgan fingerprint density at radius 2 is 1.22 bits per heavy atom. The van der Waals surface area contributed by atoms with Crippen LogP contribution in [0.5, 0.6) is 0 Å². The number of hydrogen-bond acceptors (Lipinski definition) is 0. The Bertz CT molecular complexity index is 421. The van der Waals surface area contributed by atoms with E-state index in [1.54, 1.807) is 0 Å². The largest absolute Gasteiger partial charge is 0.361 e. The van der Waals surface area contributed by atoms with Crippen LogP contribution < -0.4 is 0 Å². The van der Waals surface area contributed by atoms with Crippen molar-refractivity contribution in [3.8, 4) is 0 Å². The molecule has 1 N–H and O–H groups in total. The van der Waals surface area contributed by atoms with Gasteiger partial charge in [0, 0.05) is 62.8 Å². The first-order valence-corrected chi connectivity index (χ1v) is 5.54. The lowest BCUT2D eigenvalue weighted by Crippen LogP contribution is -1.91. The first-order chi connectivity index (χ1) is 11.3. The number of halogens is 10. The SMILES string of the molecule is CC(C)Cc1c[nH]c2ccccc12.FF.FF.FF.FF.FF. The predicted molar refractivity (Wildman–Crippen MR) is 67.9 cm³/mol. The van der Waals surface area contributed by atoms with Crippen LogP contribution in [-0.2, 0) is 6.42 Å². The summed E-state index contributed by atoms with van der Waals surface area (Å²) in [6.07, 6.45) is 3.29. The molecule has 138 valence electrons. The summed E-state index contributed by atoms with van der Waals surface area (Å²) in [6, 6.07) is 8.47. The zero-order valence-electron chi connectivity index (χ0n) is 12.0. The molecular weight excluding hydrogens is 348 g/mol. The van der Waals surface area contributed by atoms with Gasteiger partial charge in [-0.05, 0) is 24.0 Å². The molecule has 0 fully saturated rings. The highest BCUT2D eigenvalue weighted by Crippen LogP contribution is 2.20. The molecule has 1 aromatic heterocycles. The van der Waals surface area contributed by atoms with Crippen molar-refractivity contribution in [2.75, 3.05) is 0 Å². The summed E-state index contributed by atoms with van der Waals surface area (Å²) in [6.45, 7) is 4.50. The second-order valence-corrected chi connectivity index (χ2v) is 3.96. The molecule has 1 aromatic carbocycles. The highest BCUT2D eigenvalue weighted by Gasteiger charge is 2.03. The van der Waals surface area contributed by atoms with Crippen LogP contribution in [0.2, 0.25) is 0 Å². The molecule has 2 aromatic rings. The first kappa shape index (κ1) is 29.1. The molecule has 0 amide bonds. The maximum atomic E-state index is 8.00. The summed E-state index contributed by atoms with van der Waals surface area (Å²) in [5.41, 5.74) is 2.68. The summed E-state index contributed by atoms with van der Waals surface area (Å²) >= 11 is 0. The maximum Gasteiger partial charge on any atom is 0.0456 e. The zero-order valence-corrected chi connectivity index (χ0v) is 12.0. The molecule has 0 atom stereocenters. The van der Waals surface area contributed by atoms with Crippen molar-refractivity contribution in [1.29, 1.82) is 0 Å². The average molecular weight is 363 g/mol. The number of aromatic amines is 1. The molecule has 0 spiro atoms. The van der Waals surface area contributed by atoms with Gasteiger partial charge in [-0.25, -0.2) is 0 Å². The molecule has 0 aliphatic rings. The average Bonchev–Trinajstić information content (AvgIpc) is 3.06. The first-order valence-electron chi connectivity index (χ1n) is 5.54. The van der Waals surface area contributed by atoms with Crippen molar-refractivity contribution in [2.45, 2.75) is 20.3 Å². The topological polar surface area (TPSA) is 15.8 Å². The van der Waals surface area contributed by atoms with Crippen LogP contribution in [0.3, 0.4) is 0 Å². The fourth-order valence-corrected chi connectivity index (χ4v) is 1.74. The van der Waals surface area contributed by atoms with E-state index in [0.29, 0.717) is 0 Å². The minimum Gasteiger partial charge on any atom is -0.361 e. The van der Waals surface area contributed by atoms with Gasteiger partial charge < -0.3 is 4.98 Å². The molecule has 1 heterocycles. The molecule has 23 heavy (non-hydrogen) atoms. The van der Waals surface area contributed by atoms with Crippen LogP contribution in [-0.4, -0.2) is 4.98 Å². The molecule has 0 saturated carbocycles. The van der Waals surface area contributed by atoms with Gasteiger partial charge >= 0.3 is 0 Å². The summed E-state index contributed by atoms with van der Waals surface area (Å²) in [5.74, 6) is 0.721. The van der Waals surface area contributed by atoms with Crippen molar-refractivity contribution in [3.05, 3.63) is 36.0 Å². The van der Waals surface area contributed by atoms with Gasteiger partial charge in [0.25, 0.3) is 0 Å². The van der Waals surface area contributed by atoms with E-state index in [1.807, 2.05) is 0 Å². The van der Waals surface area contributed by atoms with E-state index in [9.17, 15) is 0 Å². The third kappa shape index (κ3) is 13.4. The third-order valence-corrected chi connectivity index (χ3v) is 2.30. The Kier molecular flexibility index (Phi) is 31.7. The lowest BCUT2D eigenvalue weighted by atomic mass is 10.0. The molecule has 0 aliphatic carbocycles. The number of fused-ring (bicyclic) bond motifs is 1. The predicted octanol–water partition coefficient (Wildman–Crippen LogP) is 7.57. The van der Waals surface area contributed by atoms with Gasteiger partial charge in [-0.15, -0.1) is 0 Å². The number of para-hydroxylation sites is 1. The van der Waals surface area contributed by atoms with Crippen LogP contribution in [0.4, 0.5) is 45.7 Å². The van der Waals surface area contributed by atoms with E-state index in [1.165, 1.54) is 16.5 Å². The van der Waals surface area contributed by atoms with Gasteiger partial charge in [-0.3, -0.25) is 0 Å². The van der Waals surface area contributed by atoms with Gasteiger partial charge in [-0.2, -0.15) is 0 Å². The highest BCUT2D eigenvalue weighted by atomic mass is 20.0. The molecule has 0 radical (unpaired) electrons. The molecule has 1 nitrogen and oxygen atoms in total. The van der Waals surface area contributed by atoms with Gasteiger partial charge in [0.05, 0.1) is 0 Å². The fraction of sp³-hybridized carbons (Fsp3) is 0.333. The van der Waals surface area contributed by atoms with Gasteiger partial charge in [-0.1, -0.05) is 32.0 Å². The van der Waals surface area contributed by atoms with Crippen molar-refractivity contribution in [3.63, 3.8) is 0 Å². The summed E-state index contributed by atoms with van der Waals surface area (Å²) in [4.78, 5) is 3.29. The van der Waals surface area contributed by atoms with E-state index in [2.05, 4.69) is 49.3 Å². The molecular formula is C12H15F10N. The molecule has 2 rings (SSSR count). The Morgan fingerprint density at radius 1 is 0.783 bits per heavy atom. The van der Waals surface area contributed by atoms with E-state index in [-0.39, 0.29) is 0 Å². The Morgan fingerprint density at radius 3 is 1.65 bits per heavy atom. The lowest BCUT2D eigenvalue weighted by molar-refractivity contribution is 0.108. The lowest BCUT2D eigenvalue weighted by Gasteiger charge is -2.01. The van der Waals surface area contributed by atoms with Gasteiger partial charge in [0.1, 0.15) is 0 Å². The van der Waals surface area contributed by atoms with Crippen LogP contribution in [0.15, 0.2) is 30.5 Å². The minimum absolute atomic E-state index is 0.721. The number of benzene rings is 1. The van der Waals surface area contributed by atoms with Crippen molar-refractivity contribution in [1.82, 2.24) is 4.98 Å². The second-order valence-electron chi connectivity index (χ2n) is 3.96. The molecule has 0 unspecified atom stereocenters. The standard InChI is InChI=1S/C12H15N.5F2/c1-9(2)7-10-8-13-12-6-4-3-5-11(10)12;5*1-2/h3-6,8-9,13H,7H2,1-2H3;;;;;. The highest BCUT2D eigenvalue weighted by molar-refractivity contribution is 5.83. The van der Waals surface area contributed by atoms with Crippen molar-refractivity contribution in [2.24, 2.45) is 5.92 Å². The number of nitrogens with one attached hydrogen (secondary N) is 1. The van der Waals surface area contributed by atoms with Crippen LogP contribution in [0.1, 0.15) is 19.4 Å². The summed E-state index contributed by atoms with van der Waals surface area (Å²) in [7, 11) is 0. The Balaban J connectivity index is -0.000000156. The van der Waals surface area contributed by atoms with Crippen molar-refractivity contribution < 1.29 is 45.7 Å². The maximum absolute atomic E-state index is 8.00. The second kappa shape index (κ2) is 25.0. The number of aromatic nitrogens is 1. The number of rotatable bonds is 2. The van der Waals surface area contributed by atoms with E-state index >= 15 is 0 Å². The van der Waals surface area contributed by atoms with Crippen LogP contribution in [0.25, 0.3) is 10.9 Å². The fourth-order valence-electron chi connectivity index (χ4n) is 1.74. The summed E-state index contributed by atoms with van der Waals surface area (Å²) < 4.78 is 80.0. The van der Waals surface area contributed by atoms with E-state index < -0.39 is 0 Å². The molecule has 0 aliphatic heterocycles. The van der Waals surface area contributed by atoms with Gasteiger partial charge in [0.15, 0.2) is 0 Å². The van der Waals surface area contributed by atoms with E-state index in [4.69, 9.17) is 45.7 Å². The monoisotopic (exact) mass is 363 g/mol. The smallest absolute Gasteiger partial charge is 0.0456 e. The van der Waals surface area contributed by atoms with Gasteiger partial charge in [0.2, 0.25) is 0 Å². The van der Waals surface area contributed by atoms with Crippen molar-refractivity contribution >= 4 is 10.9 Å². The van der Waals surface area contributed by atoms with Crippen LogP contribution in [0, 0.1) is 5.92 Å². The Hall–Kier alpha value is -1.94. The molecule has 0 saturated heterocycles. The van der Waals surface area contributed by atoms with Crippen LogP contribution >= 0.6 is 0 Å². The minimum atomic E-state index is 0.721.